The normalized spacial score (nSPS) is 11.2. The molecule has 27 heavy (non-hydrogen) atoms. The molecule has 0 fully saturated rings. The van der Waals surface area contributed by atoms with Crippen molar-refractivity contribution in [1.29, 1.82) is 0 Å². The van der Waals surface area contributed by atoms with Crippen LogP contribution in [0.2, 0.25) is 0 Å². The van der Waals surface area contributed by atoms with Gasteiger partial charge in [-0.25, -0.2) is 8.42 Å². The van der Waals surface area contributed by atoms with Crippen LogP contribution in [-0.4, -0.2) is 21.4 Å². The summed E-state index contributed by atoms with van der Waals surface area (Å²) in [6, 6.07) is 16.1. The van der Waals surface area contributed by atoms with E-state index in [4.69, 9.17) is 0 Å². The number of thiophene rings is 1. The Bertz CT molecular complexity index is 1090. The second-order valence-corrected chi connectivity index (χ2v) is 9.16. The lowest BCUT2D eigenvalue weighted by molar-refractivity contribution is 0.103. The molecule has 0 saturated carbocycles. The van der Waals surface area contributed by atoms with Crippen molar-refractivity contribution in [3.63, 3.8) is 0 Å². The summed E-state index contributed by atoms with van der Waals surface area (Å²) < 4.78 is 27.0. The van der Waals surface area contributed by atoms with E-state index in [2.05, 4.69) is 5.32 Å². The summed E-state index contributed by atoms with van der Waals surface area (Å²) in [6.45, 7) is 3.84. The van der Waals surface area contributed by atoms with Crippen LogP contribution in [0.5, 0.6) is 0 Å². The molecule has 1 N–H and O–H groups in total. The first-order chi connectivity index (χ1) is 12.8. The summed E-state index contributed by atoms with van der Waals surface area (Å²) in [5.41, 5.74) is 3.25. The van der Waals surface area contributed by atoms with Crippen LogP contribution in [0.25, 0.3) is 0 Å². The molecule has 0 aliphatic heterocycles. The summed E-state index contributed by atoms with van der Waals surface area (Å²) in [5.74, 6) is -0.328. The maximum Gasteiger partial charge on any atom is 0.265 e. The highest BCUT2D eigenvalue weighted by atomic mass is 32.2. The van der Waals surface area contributed by atoms with Crippen LogP contribution in [0.3, 0.4) is 0 Å². The minimum atomic E-state index is -3.74. The van der Waals surface area contributed by atoms with Gasteiger partial charge in [-0.05, 0) is 55.3 Å². The monoisotopic (exact) mass is 400 g/mol. The summed E-state index contributed by atoms with van der Waals surface area (Å²) >= 11 is 1.11. The van der Waals surface area contributed by atoms with E-state index in [0.29, 0.717) is 16.3 Å². The summed E-state index contributed by atoms with van der Waals surface area (Å²) in [7, 11) is -2.23. The van der Waals surface area contributed by atoms with Gasteiger partial charge in [0, 0.05) is 18.1 Å². The molecule has 1 amide bonds. The van der Waals surface area contributed by atoms with Crippen molar-refractivity contribution >= 4 is 38.6 Å². The van der Waals surface area contributed by atoms with Gasteiger partial charge < -0.3 is 5.32 Å². The van der Waals surface area contributed by atoms with Crippen LogP contribution in [0.1, 0.15) is 20.8 Å². The van der Waals surface area contributed by atoms with Gasteiger partial charge in [0.2, 0.25) is 0 Å². The van der Waals surface area contributed by atoms with Crippen LogP contribution >= 0.6 is 11.3 Å². The molecule has 140 valence electrons. The Labute approximate surface area is 163 Å². The number of hydrogen-bond acceptors (Lipinski definition) is 4. The molecule has 0 aliphatic carbocycles. The Morgan fingerprint density at radius 1 is 1.00 bits per heavy atom. The number of benzene rings is 2. The SMILES string of the molecule is Cc1cccc(NC(=O)c2cc(S(=O)(=O)N(C)c3cccc(C)c3)cs2)c1. The number of rotatable bonds is 5. The van der Waals surface area contributed by atoms with E-state index in [0.717, 1.165) is 22.5 Å². The Balaban J connectivity index is 1.82. The van der Waals surface area contributed by atoms with E-state index >= 15 is 0 Å². The van der Waals surface area contributed by atoms with Crippen LogP contribution in [0.4, 0.5) is 11.4 Å². The van der Waals surface area contributed by atoms with Gasteiger partial charge in [0.15, 0.2) is 0 Å². The minimum Gasteiger partial charge on any atom is -0.321 e. The number of sulfonamides is 1. The summed E-state index contributed by atoms with van der Waals surface area (Å²) in [6.07, 6.45) is 0. The summed E-state index contributed by atoms with van der Waals surface area (Å²) in [4.78, 5) is 12.9. The average molecular weight is 401 g/mol. The molecule has 0 aliphatic rings. The van der Waals surface area contributed by atoms with Crippen molar-refractivity contribution in [2.45, 2.75) is 18.7 Å². The third-order valence-electron chi connectivity index (χ3n) is 4.10. The first-order valence-electron chi connectivity index (χ1n) is 8.29. The lowest BCUT2D eigenvalue weighted by atomic mass is 10.2. The lowest BCUT2D eigenvalue weighted by Gasteiger charge is -2.19. The number of aryl methyl sites for hydroxylation is 2. The number of nitrogens with zero attached hydrogens (tertiary/aromatic N) is 1. The lowest BCUT2D eigenvalue weighted by Crippen LogP contribution is -2.26. The highest BCUT2D eigenvalue weighted by Gasteiger charge is 2.24. The van der Waals surface area contributed by atoms with E-state index in [1.165, 1.54) is 22.8 Å². The van der Waals surface area contributed by atoms with Gasteiger partial charge in [-0.15, -0.1) is 11.3 Å². The average Bonchev–Trinajstić information content (AvgIpc) is 3.12. The van der Waals surface area contributed by atoms with Gasteiger partial charge >= 0.3 is 0 Å². The van der Waals surface area contributed by atoms with Gasteiger partial charge in [0.05, 0.1) is 15.5 Å². The number of nitrogens with one attached hydrogen (secondary N) is 1. The number of amides is 1. The molecule has 3 rings (SSSR count). The molecule has 1 aromatic heterocycles. The molecule has 1 heterocycles. The summed E-state index contributed by atoms with van der Waals surface area (Å²) in [5, 5.41) is 4.29. The maximum absolute atomic E-state index is 12.9. The van der Waals surface area contributed by atoms with Gasteiger partial charge in [0.1, 0.15) is 0 Å². The molecule has 0 radical (unpaired) electrons. The zero-order valence-corrected chi connectivity index (χ0v) is 16.9. The van der Waals surface area contributed by atoms with Gasteiger partial charge in [-0.2, -0.15) is 0 Å². The molecular formula is C20H20N2O3S2. The molecule has 7 heteroatoms. The van der Waals surface area contributed by atoms with Gasteiger partial charge in [-0.1, -0.05) is 24.3 Å². The standard InChI is InChI=1S/C20H20N2O3S2/c1-14-6-4-8-16(10-14)21-20(23)19-12-18(13-26-19)27(24,25)22(3)17-9-5-7-15(2)11-17/h4-13H,1-3H3,(H,21,23). The number of hydrogen-bond donors (Lipinski definition) is 1. The van der Waals surface area contributed by atoms with E-state index in [1.54, 1.807) is 18.2 Å². The van der Waals surface area contributed by atoms with E-state index in [-0.39, 0.29) is 10.8 Å². The van der Waals surface area contributed by atoms with Crippen LogP contribution < -0.4 is 9.62 Å². The Morgan fingerprint density at radius 3 is 2.33 bits per heavy atom. The van der Waals surface area contributed by atoms with Crippen molar-refractivity contribution in [1.82, 2.24) is 0 Å². The van der Waals surface area contributed by atoms with Gasteiger partial charge in [-0.3, -0.25) is 9.10 Å². The fourth-order valence-electron chi connectivity index (χ4n) is 2.61. The Morgan fingerprint density at radius 2 is 1.67 bits per heavy atom. The topological polar surface area (TPSA) is 66.5 Å². The molecular weight excluding hydrogens is 380 g/mol. The predicted molar refractivity (Wildman–Crippen MR) is 110 cm³/mol. The molecule has 2 aromatic carbocycles. The maximum atomic E-state index is 12.9. The highest BCUT2D eigenvalue weighted by molar-refractivity contribution is 7.93. The van der Waals surface area contributed by atoms with Crippen molar-refractivity contribution in [3.8, 4) is 0 Å². The number of carbonyl (C=O) groups is 1. The number of anilines is 2. The molecule has 5 nitrogen and oxygen atoms in total. The van der Waals surface area contributed by atoms with E-state index in [9.17, 15) is 13.2 Å². The predicted octanol–water partition coefficient (Wildman–Crippen LogP) is 4.44. The largest absolute Gasteiger partial charge is 0.321 e. The fraction of sp³-hybridized carbons (Fsp3) is 0.150. The van der Waals surface area contributed by atoms with Crippen LogP contribution in [0.15, 0.2) is 64.9 Å². The molecule has 0 atom stereocenters. The molecule has 0 spiro atoms. The first-order valence-corrected chi connectivity index (χ1v) is 10.6. The van der Waals surface area contributed by atoms with Crippen molar-refractivity contribution in [3.05, 3.63) is 76.0 Å². The fourth-order valence-corrected chi connectivity index (χ4v) is 4.95. The first kappa shape index (κ1) is 19.1. The zero-order chi connectivity index (χ0) is 19.6. The molecule has 0 saturated heterocycles. The van der Waals surface area contributed by atoms with Crippen molar-refractivity contribution in [2.24, 2.45) is 0 Å². The van der Waals surface area contributed by atoms with Crippen LogP contribution in [-0.2, 0) is 10.0 Å². The van der Waals surface area contributed by atoms with Crippen molar-refractivity contribution < 1.29 is 13.2 Å². The quantitative estimate of drug-likeness (QED) is 0.688. The Hall–Kier alpha value is -2.64. The van der Waals surface area contributed by atoms with E-state index in [1.807, 2.05) is 44.2 Å². The highest BCUT2D eigenvalue weighted by Crippen LogP contribution is 2.27. The second-order valence-electron chi connectivity index (χ2n) is 6.28. The van der Waals surface area contributed by atoms with E-state index < -0.39 is 10.0 Å². The molecule has 0 bridgehead atoms. The molecule has 0 unspecified atom stereocenters. The van der Waals surface area contributed by atoms with Gasteiger partial charge in [0.25, 0.3) is 15.9 Å². The minimum absolute atomic E-state index is 0.103. The zero-order valence-electron chi connectivity index (χ0n) is 15.3. The number of carbonyl (C=O) groups excluding carboxylic acids is 1. The third-order valence-corrected chi connectivity index (χ3v) is 6.94. The Kier molecular flexibility index (Phi) is 5.34. The van der Waals surface area contributed by atoms with Crippen molar-refractivity contribution in [2.75, 3.05) is 16.7 Å². The smallest absolute Gasteiger partial charge is 0.265 e. The second kappa shape index (κ2) is 7.54. The molecule has 3 aromatic rings. The third kappa shape index (κ3) is 4.20. The van der Waals surface area contributed by atoms with Crippen LogP contribution in [0, 0.1) is 13.8 Å².